The molecule has 1 aromatic carbocycles. The number of hydrogen-bond acceptors (Lipinski definition) is 2. The molecule has 3 aromatic rings. The SMILES string of the molecule is Cc1ccc(-c2nc(C(=O)O)c3c(C)cccn23)cc1. The fourth-order valence-corrected chi connectivity index (χ4v) is 2.36. The summed E-state index contributed by atoms with van der Waals surface area (Å²) in [5.74, 6) is -0.351. The van der Waals surface area contributed by atoms with Crippen LogP contribution in [-0.2, 0) is 0 Å². The number of nitrogens with zero attached hydrogens (tertiary/aromatic N) is 2. The molecular formula is C16H14N2O2. The second kappa shape index (κ2) is 4.49. The summed E-state index contributed by atoms with van der Waals surface area (Å²) in [6.45, 7) is 3.91. The molecule has 0 aliphatic rings. The number of hydrogen-bond donors (Lipinski definition) is 1. The van der Waals surface area contributed by atoms with Crippen molar-refractivity contribution in [2.24, 2.45) is 0 Å². The van der Waals surface area contributed by atoms with E-state index in [1.807, 2.05) is 60.8 Å². The molecule has 0 aliphatic carbocycles. The lowest BCUT2D eigenvalue weighted by atomic mass is 10.1. The number of carboxylic acid groups (broad SMARTS) is 1. The van der Waals surface area contributed by atoms with Crippen LogP contribution in [0.5, 0.6) is 0 Å². The minimum Gasteiger partial charge on any atom is -0.476 e. The van der Waals surface area contributed by atoms with Crippen LogP contribution in [-0.4, -0.2) is 20.5 Å². The van der Waals surface area contributed by atoms with Gasteiger partial charge in [0, 0.05) is 11.8 Å². The third-order valence-electron chi connectivity index (χ3n) is 3.38. The maximum absolute atomic E-state index is 11.4. The van der Waals surface area contributed by atoms with E-state index in [0.29, 0.717) is 11.3 Å². The summed E-state index contributed by atoms with van der Waals surface area (Å²) >= 11 is 0. The van der Waals surface area contributed by atoms with Gasteiger partial charge in [0.15, 0.2) is 5.69 Å². The molecule has 1 N–H and O–H groups in total. The highest BCUT2D eigenvalue weighted by Gasteiger charge is 2.18. The van der Waals surface area contributed by atoms with Gasteiger partial charge in [-0.3, -0.25) is 4.40 Å². The molecular weight excluding hydrogens is 252 g/mol. The third-order valence-corrected chi connectivity index (χ3v) is 3.38. The van der Waals surface area contributed by atoms with E-state index in [2.05, 4.69) is 4.98 Å². The van der Waals surface area contributed by atoms with Gasteiger partial charge in [0.05, 0.1) is 5.52 Å². The number of aromatic carboxylic acids is 1. The number of aryl methyl sites for hydroxylation is 2. The highest BCUT2D eigenvalue weighted by atomic mass is 16.4. The molecule has 0 aliphatic heterocycles. The fraction of sp³-hybridized carbons (Fsp3) is 0.125. The van der Waals surface area contributed by atoms with Crippen molar-refractivity contribution >= 4 is 11.5 Å². The summed E-state index contributed by atoms with van der Waals surface area (Å²) in [5, 5.41) is 9.34. The van der Waals surface area contributed by atoms with E-state index in [-0.39, 0.29) is 5.69 Å². The zero-order chi connectivity index (χ0) is 14.3. The highest BCUT2D eigenvalue weighted by molar-refractivity contribution is 5.96. The molecule has 2 aromatic heterocycles. The number of pyridine rings is 1. The van der Waals surface area contributed by atoms with Gasteiger partial charge >= 0.3 is 5.97 Å². The molecule has 0 fully saturated rings. The maximum atomic E-state index is 11.4. The normalized spacial score (nSPS) is 10.9. The van der Waals surface area contributed by atoms with Crippen molar-refractivity contribution < 1.29 is 9.90 Å². The largest absolute Gasteiger partial charge is 0.476 e. The van der Waals surface area contributed by atoms with Crippen LogP contribution in [0.1, 0.15) is 21.6 Å². The van der Waals surface area contributed by atoms with Crippen LogP contribution in [0.25, 0.3) is 16.9 Å². The zero-order valence-electron chi connectivity index (χ0n) is 11.3. The molecule has 0 saturated carbocycles. The van der Waals surface area contributed by atoms with Gasteiger partial charge in [0.1, 0.15) is 5.82 Å². The smallest absolute Gasteiger partial charge is 0.356 e. The summed E-state index contributed by atoms with van der Waals surface area (Å²) in [7, 11) is 0. The molecule has 20 heavy (non-hydrogen) atoms. The van der Waals surface area contributed by atoms with E-state index in [4.69, 9.17) is 0 Å². The van der Waals surface area contributed by atoms with Gasteiger partial charge in [-0.05, 0) is 25.5 Å². The average molecular weight is 266 g/mol. The van der Waals surface area contributed by atoms with E-state index in [1.54, 1.807) is 0 Å². The first-order valence-electron chi connectivity index (χ1n) is 6.36. The molecule has 0 unspecified atom stereocenters. The molecule has 0 radical (unpaired) electrons. The van der Waals surface area contributed by atoms with Gasteiger partial charge in [-0.15, -0.1) is 0 Å². The van der Waals surface area contributed by atoms with E-state index in [1.165, 1.54) is 0 Å². The van der Waals surface area contributed by atoms with Crippen molar-refractivity contribution in [3.63, 3.8) is 0 Å². The number of carbonyl (C=O) groups is 1. The van der Waals surface area contributed by atoms with Gasteiger partial charge in [-0.1, -0.05) is 35.9 Å². The Hall–Kier alpha value is -2.62. The van der Waals surface area contributed by atoms with Crippen LogP contribution < -0.4 is 0 Å². The average Bonchev–Trinajstić information content (AvgIpc) is 2.81. The number of rotatable bonds is 2. The summed E-state index contributed by atoms with van der Waals surface area (Å²) in [5.41, 5.74) is 3.71. The molecule has 100 valence electrons. The van der Waals surface area contributed by atoms with Crippen LogP contribution in [0.3, 0.4) is 0 Å². The predicted molar refractivity (Wildman–Crippen MR) is 77.1 cm³/mol. The van der Waals surface area contributed by atoms with Crippen molar-refractivity contribution in [1.82, 2.24) is 9.38 Å². The van der Waals surface area contributed by atoms with Crippen LogP contribution in [0.4, 0.5) is 0 Å². The highest BCUT2D eigenvalue weighted by Crippen LogP contribution is 2.25. The maximum Gasteiger partial charge on any atom is 0.356 e. The summed E-state index contributed by atoms with van der Waals surface area (Å²) < 4.78 is 1.84. The van der Waals surface area contributed by atoms with E-state index >= 15 is 0 Å². The quantitative estimate of drug-likeness (QED) is 0.774. The zero-order valence-corrected chi connectivity index (χ0v) is 11.3. The van der Waals surface area contributed by atoms with E-state index in [9.17, 15) is 9.90 Å². The Kier molecular flexibility index (Phi) is 2.79. The molecule has 2 heterocycles. The minimum atomic E-state index is -1.00. The lowest BCUT2D eigenvalue weighted by molar-refractivity contribution is 0.0693. The monoisotopic (exact) mass is 266 g/mol. The minimum absolute atomic E-state index is 0.0960. The Morgan fingerprint density at radius 1 is 1.15 bits per heavy atom. The number of benzene rings is 1. The van der Waals surface area contributed by atoms with Crippen LogP contribution in [0.15, 0.2) is 42.6 Å². The van der Waals surface area contributed by atoms with Crippen LogP contribution in [0.2, 0.25) is 0 Å². The second-order valence-corrected chi connectivity index (χ2v) is 4.87. The number of carboxylic acids is 1. The Morgan fingerprint density at radius 2 is 1.85 bits per heavy atom. The Labute approximate surface area is 116 Å². The van der Waals surface area contributed by atoms with E-state index < -0.39 is 5.97 Å². The first-order chi connectivity index (χ1) is 9.58. The van der Waals surface area contributed by atoms with Gasteiger partial charge in [0.25, 0.3) is 0 Å². The number of imidazole rings is 1. The van der Waals surface area contributed by atoms with Crippen molar-refractivity contribution in [3.8, 4) is 11.4 Å². The Balaban J connectivity index is 2.34. The molecule has 4 nitrogen and oxygen atoms in total. The van der Waals surface area contributed by atoms with Crippen LogP contribution in [0, 0.1) is 13.8 Å². The predicted octanol–water partition coefficient (Wildman–Crippen LogP) is 3.32. The molecule has 3 rings (SSSR count). The molecule has 0 saturated heterocycles. The van der Waals surface area contributed by atoms with Gasteiger partial charge in [-0.25, -0.2) is 9.78 Å². The first kappa shape index (κ1) is 12.4. The lowest BCUT2D eigenvalue weighted by Crippen LogP contribution is -1.98. The van der Waals surface area contributed by atoms with E-state index in [0.717, 1.165) is 16.7 Å². The Morgan fingerprint density at radius 3 is 2.50 bits per heavy atom. The Bertz CT molecular complexity index is 801. The summed E-state index contributed by atoms with van der Waals surface area (Å²) in [6, 6.07) is 11.7. The van der Waals surface area contributed by atoms with Gasteiger partial charge < -0.3 is 5.11 Å². The van der Waals surface area contributed by atoms with Crippen LogP contribution >= 0.6 is 0 Å². The molecule has 4 heteroatoms. The second-order valence-electron chi connectivity index (χ2n) is 4.87. The summed E-state index contributed by atoms with van der Waals surface area (Å²) in [6.07, 6.45) is 1.84. The fourth-order valence-electron chi connectivity index (χ4n) is 2.36. The first-order valence-corrected chi connectivity index (χ1v) is 6.36. The molecule has 0 amide bonds. The van der Waals surface area contributed by atoms with Gasteiger partial charge in [-0.2, -0.15) is 0 Å². The van der Waals surface area contributed by atoms with Crippen molar-refractivity contribution in [1.29, 1.82) is 0 Å². The third kappa shape index (κ3) is 1.86. The molecule has 0 bridgehead atoms. The topological polar surface area (TPSA) is 54.6 Å². The van der Waals surface area contributed by atoms with Gasteiger partial charge in [0.2, 0.25) is 0 Å². The summed E-state index contributed by atoms with van der Waals surface area (Å²) in [4.78, 5) is 15.7. The lowest BCUT2D eigenvalue weighted by Gasteiger charge is -2.03. The van der Waals surface area contributed by atoms with Crippen molar-refractivity contribution in [3.05, 3.63) is 59.4 Å². The standard InChI is InChI=1S/C16H14N2O2/c1-10-5-7-12(8-6-10)15-17-13(16(19)20)14-11(2)4-3-9-18(14)15/h3-9H,1-2H3,(H,19,20). The number of aromatic nitrogens is 2. The van der Waals surface area contributed by atoms with Crippen molar-refractivity contribution in [2.45, 2.75) is 13.8 Å². The number of fused-ring (bicyclic) bond motifs is 1. The molecule has 0 atom stereocenters. The molecule has 0 spiro atoms. The van der Waals surface area contributed by atoms with Crippen molar-refractivity contribution in [2.75, 3.05) is 0 Å².